The largest absolute Gasteiger partial charge is 0.359 e. The minimum atomic E-state index is -0.213. The Morgan fingerprint density at radius 3 is 2.69 bits per heavy atom. The van der Waals surface area contributed by atoms with Crippen molar-refractivity contribution in [3.8, 4) is 11.3 Å². The summed E-state index contributed by atoms with van der Waals surface area (Å²) < 4.78 is 12.8. The first-order chi connectivity index (χ1) is 7.81. The van der Waals surface area contributed by atoms with E-state index in [9.17, 15) is 4.39 Å². The van der Waals surface area contributed by atoms with E-state index in [1.807, 2.05) is 5.38 Å². The number of thiazole rings is 1. The molecule has 1 aromatic carbocycles. The summed E-state index contributed by atoms with van der Waals surface area (Å²) in [6.45, 7) is 0. The summed E-state index contributed by atoms with van der Waals surface area (Å²) in [6.07, 6.45) is 2.48. The molecule has 1 N–H and O–H groups in total. The molecule has 1 aliphatic rings. The second-order valence-corrected chi connectivity index (χ2v) is 4.82. The Labute approximate surface area is 97.2 Å². The molecule has 0 unspecified atom stereocenters. The van der Waals surface area contributed by atoms with Crippen LogP contribution in [0.5, 0.6) is 0 Å². The molecule has 3 rings (SSSR count). The Morgan fingerprint density at radius 2 is 2.00 bits per heavy atom. The van der Waals surface area contributed by atoms with E-state index in [1.54, 1.807) is 23.5 Å². The zero-order valence-corrected chi connectivity index (χ0v) is 9.43. The maximum atomic E-state index is 12.8. The molecule has 4 heteroatoms. The van der Waals surface area contributed by atoms with Crippen molar-refractivity contribution in [2.45, 2.75) is 18.9 Å². The normalized spacial score (nSPS) is 15.1. The topological polar surface area (TPSA) is 24.9 Å². The Morgan fingerprint density at radius 1 is 1.25 bits per heavy atom. The number of nitrogens with zero attached hydrogens (tertiary/aromatic N) is 1. The zero-order valence-electron chi connectivity index (χ0n) is 8.61. The lowest BCUT2D eigenvalue weighted by Crippen LogP contribution is -1.99. The first kappa shape index (κ1) is 9.78. The molecule has 82 valence electrons. The number of rotatable bonds is 3. The molecule has 0 amide bonds. The monoisotopic (exact) mass is 234 g/mol. The molecule has 0 saturated heterocycles. The predicted octanol–water partition coefficient (Wildman–Crippen LogP) is 3.52. The Bertz CT molecular complexity index is 488. The lowest BCUT2D eigenvalue weighted by atomic mass is 10.2. The molecule has 0 bridgehead atoms. The summed E-state index contributed by atoms with van der Waals surface area (Å²) in [5.41, 5.74) is 1.87. The van der Waals surface area contributed by atoms with E-state index >= 15 is 0 Å². The number of hydrogen-bond donors (Lipinski definition) is 1. The van der Waals surface area contributed by atoms with Gasteiger partial charge in [0.25, 0.3) is 0 Å². The van der Waals surface area contributed by atoms with Gasteiger partial charge >= 0.3 is 0 Å². The molecule has 1 saturated carbocycles. The number of halogens is 1. The minimum Gasteiger partial charge on any atom is -0.359 e. The van der Waals surface area contributed by atoms with Crippen LogP contribution >= 0.6 is 11.3 Å². The second kappa shape index (κ2) is 3.87. The van der Waals surface area contributed by atoms with Crippen LogP contribution in [0.3, 0.4) is 0 Å². The molecule has 2 nitrogen and oxygen atoms in total. The fraction of sp³-hybridized carbons (Fsp3) is 0.250. The quantitative estimate of drug-likeness (QED) is 0.878. The van der Waals surface area contributed by atoms with Crippen LogP contribution in [-0.2, 0) is 0 Å². The average molecular weight is 234 g/mol. The summed E-state index contributed by atoms with van der Waals surface area (Å²) in [7, 11) is 0. The van der Waals surface area contributed by atoms with Gasteiger partial charge in [0.2, 0.25) is 0 Å². The second-order valence-electron chi connectivity index (χ2n) is 3.96. The van der Waals surface area contributed by atoms with E-state index in [0.29, 0.717) is 6.04 Å². The molecule has 0 radical (unpaired) electrons. The van der Waals surface area contributed by atoms with Crippen molar-refractivity contribution in [3.63, 3.8) is 0 Å². The molecule has 2 aromatic rings. The molecular formula is C12H11FN2S. The molecule has 1 aliphatic carbocycles. The molecule has 1 fully saturated rings. The van der Waals surface area contributed by atoms with Crippen molar-refractivity contribution in [3.05, 3.63) is 35.5 Å². The summed E-state index contributed by atoms with van der Waals surface area (Å²) in [5.74, 6) is -0.213. The van der Waals surface area contributed by atoms with Gasteiger partial charge in [0.1, 0.15) is 5.82 Å². The highest BCUT2D eigenvalue weighted by atomic mass is 32.1. The van der Waals surface area contributed by atoms with Crippen molar-refractivity contribution in [1.82, 2.24) is 4.98 Å². The Balaban J connectivity index is 1.82. The van der Waals surface area contributed by atoms with Crippen molar-refractivity contribution < 1.29 is 4.39 Å². The van der Waals surface area contributed by atoms with Crippen LogP contribution in [0.15, 0.2) is 29.6 Å². The number of hydrogen-bond acceptors (Lipinski definition) is 3. The first-order valence-electron chi connectivity index (χ1n) is 5.29. The highest BCUT2D eigenvalue weighted by molar-refractivity contribution is 7.14. The summed E-state index contributed by atoms with van der Waals surface area (Å²) in [4.78, 5) is 4.48. The van der Waals surface area contributed by atoms with E-state index in [4.69, 9.17) is 0 Å². The molecule has 0 atom stereocenters. The van der Waals surface area contributed by atoms with Crippen molar-refractivity contribution in [2.75, 3.05) is 5.32 Å². The van der Waals surface area contributed by atoms with Gasteiger partial charge in [-0.25, -0.2) is 9.37 Å². The molecule has 1 heterocycles. The molecule has 0 spiro atoms. The van der Waals surface area contributed by atoms with E-state index in [1.165, 1.54) is 25.0 Å². The molecule has 1 aromatic heterocycles. The summed E-state index contributed by atoms with van der Waals surface area (Å²) in [5, 5.41) is 6.31. The van der Waals surface area contributed by atoms with E-state index in [2.05, 4.69) is 10.3 Å². The fourth-order valence-electron chi connectivity index (χ4n) is 1.50. The average Bonchev–Trinajstić information content (AvgIpc) is 2.97. The van der Waals surface area contributed by atoms with Gasteiger partial charge in [-0.2, -0.15) is 0 Å². The zero-order chi connectivity index (χ0) is 11.0. The first-order valence-corrected chi connectivity index (χ1v) is 6.17. The van der Waals surface area contributed by atoms with Gasteiger partial charge in [-0.1, -0.05) is 0 Å². The van der Waals surface area contributed by atoms with E-state index in [-0.39, 0.29) is 5.82 Å². The lowest BCUT2D eigenvalue weighted by Gasteiger charge is -1.97. The number of nitrogens with one attached hydrogen (secondary N) is 1. The highest BCUT2D eigenvalue weighted by Gasteiger charge is 2.21. The summed E-state index contributed by atoms with van der Waals surface area (Å²) >= 11 is 1.60. The van der Waals surface area contributed by atoms with Gasteiger partial charge in [0.15, 0.2) is 5.13 Å². The number of anilines is 1. The number of benzene rings is 1. The fourth-order valence-corrected chi connectivity index (χ4v) is 2.29. The van der Waals surface area contributed by atoms with E-state index < -0.39 is 0 Å². The lowest BCUT2D eigenvalue weighted by molar-refractivity contribution is 0.628. The number of aromatic nitrogens is 1. The SMILES string of the molecule is Fc1ccc(-c2csc(NC3CC3)n2)cc1. The smallest absolute Gasteiger partial charge is 0.183 e. The Kier molecular flexibility index (Phi) is 2.36. The van der Waals surface area contributed by atoms with Crippen molar-refractivity contribution in [1.29, 1.82) is 0 Å². The highest BCUT2D eigenvalue weighted by Crippen LogP contribution is 2.29. The maximum Gasteiger partial charge on any atom is 0.183 e. The van der Waals surface area contributed by atoms with Crippen molar-refractivity contribution in [2.24, 2.45) is 0 Å². The van der Waals surface area contributed by atoms with Gasteiger partial charge in [-0.05, 0) is 37.1 Å². The Hall–Kier alpha value is -1.42. The van der Waals surface area contributed by atoms with Gasteiger partial charge in [0, 0.05) is 17.0 Å². The van der Waals surface area contributed by atoms with Crippen LogP contribution in [0, 0.1) is 5.82 Å². The standard InChI is InChI=1S/C12H11FN2S/c13-9-3-1-8(2-4-9)11-7-16-12(15-11)14-10-5-6-10/h1-4,7,10H,5-6H2,(H,14,15). The van der Waals surface area contributed by atoms with Crippen LogP contribution in [0.1, 0.15) is 12.8 Å². The van der Waals surface area contributed by atoms with Gasteiger partial charge in [0.05, 0.1) is 5.69 Å². The predicted molar refractivity (Wildman–Crippen MR) is 64.2 cm³/mol. The van der Waals surface area contributed by atoms with Crippen molar-refractivity contribution >= 4 is 16.5 Å². The molecular weight excluding hydrogens is 223 g/mol. The molecule has 16 heavy (non-hydrogen) atoms. The minimum absolute atomic E-state index is 0.213. The third-order valence-electron chi connectivity index (χ3n) is 2.55. The van der Waals surface area contributed by atoms with Gasteiger partial charge in [-0.15, -0.1) is 11.3 Å². The van der Waals surface area contributed by atoms with Crippen LogP contribution in [0.2, 0.25) is 0 Å². The van der Waals surface area contributed by atoms with Crippen LogP contribution in [-0.4, -0.2) is 11.0 Å². The van der Waals surface area contributed by atoms with Crippen LogP contribution in [0.25, 0.3) is 11.3 Å². The summed E-state index contributed by atoms with van der Waals surface area (Å²) in [6, 6.07) is 7.05. The van der Waals surface area contributed by atoms with Crippen LogP contribution in [0.4, 0.5) is 9.52 Å². The third kappa shape index (κ3) is 2.07. The van der Waals surface area contributed by atoms with Gasteiger partial charge in [-0.3, -0.25) is 0 Å². The molecule has 0 aliphatic heterocycles. The van der Waals surface area contributed by atoms with Gasteiger partial charge < -0.3 is 5.32 Å². The van der Waals surface area contributed by atoms with Crippen LogP contribution < -0.4 is 5.32 Å². The maximum absolute atomic E-state index is 12.8. The van der Waals surface area contributed by atoms with E-state index in [0.717, 1.165) is 16.4 Å². The third-order valence-corrected chi connectivity index (χ3v) is 3.32.